The van der Waals surface area contributed by atoms with Crippen LogP contribution in [0.25, 0.3) is 11.1 Å². The van der Waals surface area contributed by atoms with Gasteiger partial charge in [-0.3, -0.25) is 4.79 Å². The summed E-state index contributed by atoms with van der Waals surface area (Å²) in [6, 6.07) is 11.9. The third-order valence-electron chi connectivity index (χ3n) is 6.00. The molecule has 2 fully saturated rings. The highest BCUT2D eigenvalue weighted by Gasteiger charge is 2.33. The Kier molecular flexibility index (Phi) is 8.01. The van der Waals surface area contributed by atoms with Crippen molar-refractivity contribution >= 4 is 6.09 Å². The zero-order chi connectivity index (χ0) is 24.2. The van der Waals surface area contributed by atoms with Gasteiger partial charge in [0.05, 0.1) is 11.6 Å². The van der Waals surface area contributed by atoms with Crippen molar-refractivity contribution in [3.8, 4) is 11.1 Å². The zero-order valence-corrected chi connectivity index (χ0v) is 20.6. The lowest BCUT2D eigenvalue weighted by molar-refractivity contribution is -0.0309. The maximum atomic E-state index is 12.5. The van der Waals surface area contributed by atoms with Crippen LogP contribution in [-0.2, 0) is 4.74 Å². The monoisotopic (exact) mass is 454 g/mol. The number of carbonyl (C=O) groups excluding carboxylic acids is 1. The van der Waals surface area contributed by atoms with Crippen molar-refractivity contribution in [2.75, 3.05) is 6.54 Å². The van der Waals surface area contributed by atoms with Crippen LogP contribution in [0.15, 0.2) is 47.4 Å². The van der Waals surface area contributed by atoms with Crippen molar-refractivity contribution < 1.29 is 14.6 Å². The highest BCUT2D eigenvalue weighted by molar-refractivity contribution is 5.69. The molecule has 2 atom stereocenters. The molecule has 1 saturated carbocycles. The summed E-state index contributed by atoms with van der Waals surface area (Å²) in [7, 11) is 0. The van der Waals surface area contributed by atoms with Gasteiger partial charge in [-0.1, -0.05) is 44.5 Å². The van der Waals surface area contributed by atoms with Gasteiger partial charge in [0.1, 0.15) is 6.10 Å². The highest BCUT2D eigenvalue weighted by atomic mass is 16.6. The quantitative estimate of drug-likeness (QED) is 0.608. The van der Waals surface area contributed by atoms with Gasteiger partial charge in [-0.15, -0.1) is 0 Å². The van der Waals surface area contributed by atoms with Gasteiger partial charge in [0.25, 0.3) is 5.56 Å². The fourth-order valence-electron chi connectivity index (χ4n) is 4.15. The number of aromatic nitrogens is 1. The summed E-state index contributed by atoms with van der Waals surface area (Å²) in [5.74, 6) is 0. The van der Waals surface area contributed by atoms with Gasteiger partial charge in [-0.2, -0.15) is 0 Å². The van der Waals surface area contributed by atoms with Gasteiger partial charge >= 0.3 is 6.09 Å². The van der Waals surface area contributed by atoms with Crippen LogP contribution in [0.2, 0.25) is 0 Å². The Hall–Kier alpha value is -2.60. The van der Waals surface area contributed by atoms with Gasteiger partial charge in [0.2, 0.25) is 0 Å². The Labute approximate surface area is 197 Å². The number of carbonyl (C=O) groups is 1. The molecule has 1 aliphatic heterocycles. The van der Waals surface area contributed by atoms with Crippen LogP contribution in [0.1, 0.15) is 84.4 Å². The third-order valence-corrected chi connectivity index (χ3v) is 6.00. The second-order valence-corrected chi connectivity index (χ2v) is 9.90. The third kappa shape index (κ3) is 6.70. The highest BCUT2D eigenvalue weighted by Crippen LogP contribution is 2.34. The Bertz CT molecular complexity index is 986. The number of hydrogen-bond donors (Lipinski definition) is 1. The van der Waals surface area contributed by atoms with Gasteiger partial charge in [0, 0.05) is 37.7 Å². The van der Waals surface area contributed by atoms with Gasteiger partial charge in [-0.25, -0.2) is 4.79 Å². The molecule has 1 aliphatic carbocycles. The number of cyclic esters (lactones) is 1. The van der Waals surface area contributed by atoms with E-state index >= 15 is 0 Å². The summed E-state index contributed by atoms with van der Waals surface area (Å²) in [4.78, 5) is 26.6. The maximum Gasteiger partial charge on any atom is 0.410 e. The van der Waals surface area contributed by atoms with Crippen molar-refractivity contribution in [2.45, 2.75) is 90.5 Å². The maximum absolute atomic E-state index is 12.5. The van der Waals surface area contributed by atoms with Crippen LogP contribution >= 0.6 is 0 Å². The first-order valence-electron chi connectivity index (χ1n) is 12.1. The van der Waals surface area contributed by atoms with Gasteiger partial charge in [-0.05, 0) is 56.4 Å². The minimum atomic E-state index is -0.853. The molecule has 180 valence electrons. The van der Waals surface area contributed by atoms with Crippen molar-refractivity contribution in [3.05, 3.63) is 58.5 Å². The summed E-state index contributed by atoms with van der Waals surface area (Å²) < 4.78 is 7.36. The lowest BCUT2D eigenvalue weighted by Gasteiger charge is -2.37. The summed E-state index contributed by atoms with van der Waals surface area (Å²) >= 11 is 0. The van der Waals surface area contributed by atoms with E-state index in [4.69, 9.17) is 4.74 Å². The first-order valence-corrected chi connectivity index (χ1v) is 12.1. The molecule has 0 spiro atoms. The Morgan fingerprint density at radius 3 is 2.21 bits per heavy atom. The molecule has 0 bridgehead atoms. The molecule has 1 aromatic heterocycles. The molecule has 1 saturated heterocycles. The zero-order valence-electron chi connectivity index (χ0n) is 20.6. The smallest absolute Gasteiger partial charge is 0.410 e. The van der Waals surface area contributed by atoms with Crippen LogP contribution in [0, 0.1) is 0 Å². The molecule has 33 heavy (non-hydrogen) atoms. The molecular formula is C27H38N2O4. The topological polar surface area (TPSA) is 71.8 Å². The SMILES string of the molecule is CC(c1ccc(-c2ccn(C3CC3)c(=O)c2)cc1)N1CCC(CC(C)(C)O)OC1=O.CCC. The molecule has 0 radical (unpaired) electrons. The number of aliphatic hydroxyl groups is 1. The molecule has 2 heterocycles. The number of rotatable bonds is 6. The lowest BCUT2D eigenvalue weighted by Crippen LogP contribution is -2.45. The first-order chi connectivity index (χ1) is 15.6. The number of benzene rings is 1. The summed E-state index contributed by atoms with van der Waals surface area (Å²) in [5, 5.41) is 9.97. The van der Waals surface area contributed by atoms with Crippen molar-refractivity contribution in [1.29, 1.82) is 0 Å². The van der Waals surface area contributed by atoms with Crippen molar-refractivity contribution in [1.82, 2.24) is 9.47 Å². The molecule has 1 N–H and O–H groups in total. The average Bonchev–Trinajstić information content (AvgIpc) is 3.58. The number of ether oxygens (including phenoxy) is 1. The fraction of sp³-hybridized carbons (Fsp3) is 0.556. The number of amides is 1. The van der Waals surface area contributed by atoms with Crippen LogP contribution < -0.4 is 5.56 Å². The molecule has 2 aromatic rings. The van der Waals surface area contributed by atoms with Gasteiger partial charge in [0.15, 0.2) is 0 Å². The average molecular weight is 455 g/mol. The minimum Gasteiger partial charge on any atom is -0.446 e. The fourth-order valence-corrected chi connectivity index (χ4v) is 4.15. The van der Waals surface area contributed by atoms with E-state index in [2.05, 4.69) is 13.8 Å². The normalized spacial score (nSPS) is 19.4. The van der Waals surface area contributed by atoms with Crippen LogP contribution in [0.5, 0.6) is 0 Å². The van der Waals surface area contributed by atoms with E-state index < -0.39 is 5.60 Å². The second-order valence-electron chi connectivity index (χ2n) is 9.90. The molecule has 4 rings (SSSR count). The van der Waals surface area contributed by atoms with E-state index in [1.165, 1.54) is 6.42 Å². The number of nitrogens with zero attached hydrogens (tertiary/aromatic N) is 2. The van der Waals surface area contributed by atoms with E-state index in [0.29, 0.717) is 25.4 Å². The molecular weight excluding hydrogens is 416 g/mol. The molecule has 6 nitrogen and oxygen atoms in total. The standard InChI is InChI=1S/C24H30N2O4.C3H8/c1-16(25-13-11-21(30-23(25)28)15-24(2,3)29)17-4-6-18(7-5-17)19-10-12-26(20-8-9-20)22(27)14-19;1-3-2/h4-7,10,12,14,16,20-21,29H,8-9,11,13,15H2,1-3H3;3H2,1-2H3. The number of hydrogen-bond acceptors (Lipinski definition) is 4. The Balaban J connectivity index is 0.000000968. The largest absolute Gasteiger partial charge is 0.446 e. The molecule has 6 heteroatoms. The Morgan fingerprint density at radius 2 is 1.70 bits per heavy atom. The second kappa shape index (κ2) is 10.6. The van der Waals surface area contributed by atoms with Crippen LogP contribution in [0.4, 0.5) is 4.79 Å². The Morgan fingerprint density at radius 1 is 1.06 bits per heavy atom. The summed E-state index contributed by atoms with van der Waals surface area (Å²) in [6.07, 6.45) is 5.87. The van der Waals surface area contributed by atoms with Crippen molar-refractivity contribution in [2.24, 2.45) is 0 Å². The molecule has 2 aliphatic rings. The van der Waals surface area contributed by atoms with E-state index in [1.54, 1.807) is 24.8 Å². The predicted octanol–water partition coefficient (Wildman–Crippen LogP) is 5.70. The van der Waals surface area contributed by atoms with E-state index in [-0.39, 0.29) is 23.8 Å². The first kappa shape index (κ1) is 25.0. The van der Waals surface area contributed by atoms with E-state index in [0.717, 1.165) is 29.5 Å². The van der Waals surface area contributed by atoms with Crippen LogP contribution in [-0.4, -0.2) is 38.9 Å². The number of pyridine rings is 1. The van der Waals surface area contributed by atoms with E-state index in [1.807, 2.05) is 48.0 Å². The molecule has 2 unspecified atom stereocenters. The molecule has 1 amide bonds. The summed E-state index contributed by atoms with van der Waals surface area (Å²) in [6.45, 7) is 10.3. The summed E-state index contributed by atoms with van der Waals surface area (Å²) in [5.41, 5.74) is 2.10. The predicted molar refractivity (Wildman–Crippen MR) is 131 cm³/mol. The van der Waals surface area contributed by atoms with Gasteiger partial charge < -0.3 is 19.3 Å². The lowest BCUT2D eigenvalue weighted by atomic mass is 9.97. The van der Waals surface area contributed by atoms with Crippen molar-refractivity contribution in [3.63, 3.8) is 0 Å². The van der Waals surface area contributed by atoms with E-state index in [9.17, 15) is 14.7 Å². The molecule has 1 aromatic carbocycles. The minimum absolute atomic E-state index is 0.0455. The van der Waals surface area contributed by atoms with Crippen LogP contribution in [0.3, 0.4) is 0 Å².